The summed E-state index contributed by atoms with van der Waals surface area (Å²) in [4.78, 5) is 0. The van der Waals surface area contributed by atoms with Crippen LogP contribution in [0.1, 0.15) is 25.0 Å². The van der Waals surface area contributed by atoms with Crippen molar-refractivity contribution in [1.82, 2.24) is 0 Å². The minimum absolute atomic E-state index is 0.328. The summed E-state index contributed by atoms with van der Waals surface area (Å²) in [5.41, 5.74) is 7.80. The van der Waals surface area contributed by atoms with E-state index in [4.69, 9.17) is 5.73 Å². The molecule has 0 aromatic heterocycles. The molecule has 1 rings (SSSR count). The van der Waals surface area contributed by atoms with Crippen molar-refractivity contribution in [2.45, 2.75) is 20.0 Å². The quantitative estimate of drug-likeness (QED) is 0.744. The van der Waals surface area contributed by atoms with Gasteiger partial charge in [-0.3, -0.25) is 0 Å². The van der Waals surface area contributed by atoms with Crippen molar-refractivity contribution in [3.05, 3.63) is 65.9 Å². The van der Waals surface area contributed by atoms with Gasteiger partial charge in [0.15, 0.2) is 0 Å². The molecule has 5 heteroatoms. The molecule has 2 nitrogen and oxygen atoms in total. The van der Waals surface area contributed by atoms with E-state index in [0.717, 1.165) is 17.2 Å². The second-order valence-corrected chi connectivity index (χ2v) is 4.80. The van der Waals surface area contributed by atoms with Gasteiger partial charge in [-0.2, -0.15) is 13.2 Å². The van der Waals surface area contributed by atoms with Crippen molar-refractivity contribution in [3.63, 3.8) is 0 Å². The number of anilines is 1. The third-order valence-corrected chi connectivity index (χ3v) is 2.84. The van der Waals surface area contributed by atoms with Crippen LogP contribution in [0.3, 0.4) is 0 Å². The highest BCUT2D eigenvalue weighted by Crippen LogP contribution is 2.27. The Hall–Kier alpha value is -2.43. The lowest BCUT2D eigenvalue weighted by molar-refractivity contribution is -0.0878. The average molecular weight is 308 g/mol. The van der Waals surface area contributed by atoms with E-state index in [9.17, 15) is 13.2 Å². The number of allylic oxidation sites excluding steroid dienone is 4. The summed E-state index contributed by atoms with van der Waals surface area (Å²) in [5, 5.41) is 2.89. The summed E-state index contributed by atoms with van der Waals surface area (Å²) in [7, 11) is 0. The Labute approximate surface area is 128 Å². The molecular formula is C17H19F3N2. The van der Waals surface area contributed by atoms with E-state index in [0.29, 0.717) is 17.1 Å². The molecule has 0 spiro atoms. The highest BCUT2D eigenvalue weighted by molar-refractivity contribution is 5.74. The first-order valence-corrected chi connectivity index (χ1v) is 6.58. The molecule has 0 fully saturated rings. The average Bonchev–Trinajstić information content (AvgIpc) is 2.39. The number of alkyl halides is 3. The lowest BCUT2D eigenvalue weighted by Gasteiger charge is -2.13. The zero-order valence-electron chi connectivity index (χ0n) is 12.6. The van der Waals surface area contributed by atoms with Crippen molar-refractivity contribution in [3.8, 4) is 0 Å². The molecule has 0 saturated carbocycles. The fourth-order valence-electron chi connectivity index (χ4n) is 1.84. The largest absolute Gasteiger partial charge is 0.415 e. The van der Waals surface area contributed by atoms with Gasteiger partial charge >= 0.3 is 6.18 Å². The smallest absolute Gasteiger partial charge is 0.399 e. The third kappa shape index (κ3) is 4.84. The summed E-state index contributed by atoms with van der Waals surface area (Å²) in [6, 6.07) is 5.32. The molecule has 3 N–H and O–H groups in total. The van der Waals surface area contributed by atoms with E-state index in [1.165, 1.54) is 6.92 Å². The predicted molar refractivity (Wildman–Crippen MR) is 86.9 cm³/mol. The molecule has 0 atom stereocenters. The Morgan fingerprint density at radius 3 is 2.41 bits per heavy atom. The Morgan fingerprint density at radius 1 is 1.27 bits per heavy atom. The summed E-state index contributed by atoms with van der Waals surface area (Å²) in [5.74, 6) is 0. The van der Waals surface area contributed by atoms with E-state index in [1.54, 1.807) is 12.1 Å². The molecule has 0 aliphatic heterocycles. The Bertz CT molecular complexity index is 638. The van der Waals surface area contributed by atoms with E-state index in [2.05, 4.69) is 18.5 Å². The summed E-state index contributed by atoms with van der Waals surface area (Å²) >= 11 is 0. The molecular weight excluding hydrogens is 289 g/mol. The van der Waals surface area contributed by atoms with E-state index < -0.39 is 11.7 Å². The maximum atomic E-state index is 12.4. The van der Waals surface area contributed by atoms with Gasteiger partial charge in [0.2, 0.25) is 0 Å². The summed E-state index contributed by atoms with van der Waals surface area (Å²) in [6.07, 6.45) is 0.269. The number of nitrogens with one attached hydrogen (secondary N) is 1. The normalized spacial score (nSPS) is 12.5. The van der Waals surface area contributed by atoms with E-state index in [1.807, 2.05) is 25.1 Å². The first-order valence-electron chi connectivity index (χ1n) is 6.58. The van der Waals surface area contributed by atoms with Crippen molar-refractivity contribution in [2.24, 2.45) is 5.73 Å². The SMILES string of the molecule is C=C(N)c1cc(N/C(C)=C\C(=C)C(F)(F)F)ccc1/C=C\C. The maximum Gasteiger partial charge on any atom is 0.415 e. The summed E-state index contributed by atoms with van der Waals surface area (Å²) < 4.78 is 37.3. The monoisotopic (exact) mass is 308 g/mol. The van der Waals surface area contributed by atoms with Crippen LogP contribution in [0.2, 0.25) is 0 Å². The fraction of sp³-hybridized carbons (Fsp3) is 0.176. The standard InChI is InChI=1S/C17H19F3N2/c1-5-6-14-7-8-15(10-16(14)13(4)21)22-12(3)9-11(2)17(18,19)20/h5-10,22H,2,4,21H2,1,3H3/b6-5-,12-9-. The zero-order valence-corrected chi connectivity index (χ0v) is 12.6. The highest BCUT2D eigenvalue weighted by atomic mass is 19.4. The van der Waals surface area contributed by atoms with Gasteiger partial charge in [0.1, 0.15) is 0 Å². The van der Waals surface area contributed by atoms with Crippen LogP contribution in [-0.2, 0) is 0 Å². The molecule has 0 amide bonds. The molecule has 1 aromatic carbocycles. The van der Waals surface area contributed by atoms with E-state index >= 15 is 0 Å². The maximum absolute atomic E-state index is 12.4. The van der Waals surface area contributed by atoms with Gasteiger partial charge in [0, 0.05) is 22.6 Å². The van der Waals surface area contributed by atoms with Crippen LogP contribution >= 0.6 is 0 Å². The van der Waals surface area contributed by atoms with Gasteiger partial charge in [-0.1, -0.05) is 31.4 Å². The lowest BCUT2D eigenvalue weighted by Crippen LogP contribution is -2.10. The van der Waals surface area contributed by atoms with Gasteiger partial charge in [0.05, 0.1) is 5.57 Å². The zero-order chi connectivity index (χ0) is 16.9. The number of benzene rings is 1. The third-order valence-electron chi connectivity index (χ3n) is 2.84. The van der Waals surface area contributed by atoms with Gasteiger partial charge in [-0.25, -0.2) is 0 Å². The highest BCUT2D eigenvalue weighted by Gasteiger charge is 2.30. The Morgan fingerprint density at radius 2 is 1.91 bits per heavy atom. The minimum atomic E-state index is -4.44. The van der Waals surface area contributed by atoms with Crippen LogP contribution in [0.15, 0.2) is 54.8 Å². The molecule has 118 valence electrons. The van der Waals surface area contributed by atoms with Gasteiger partial charge in [-0.15, -0.1) is 0 Å². The first kappa shape index (κ1) is 17.6. The van der Waals surface area contributed by atoms with Crippen molar-refractivity contribution in [1.29, 1.82) is 0 Å². The second-order valence-electron chi connectivity index (χ2n) is 4.80. The predicted octanol–water partition coefficient (Wildman–Crippen LogP) is 5.08. The van der Waals surface area contributed by atoms with Crippen LogP contribution in [0.5, 0.6) is 0 Å². The molecule has 0 aliphatic rings. The molecule has 0 bridgehead atoms. The van der Waals surface area contributed by atoms with Gasteiger partial charge in [0.25, 0.3) is 0 Å². The topological polar surface area (TPSA) is 38.0 Å². The molecule has 0 unspecified atom stereocenters. The number of hydrogen-bond donors (Lipinski definition) is 2. The molecule has 22 heavy (non-hydrogen) atoms. The van der Waals surface area contributed by atoms with Crippen LogP contribution < -0.4 is 11.1 Å². The first-order chi connectivity index (χ1) is 10.1. The van der Waals surface area contributed by atoms with Crippen molar-refractivity contribution in [2.75, 3.05) is 5.32 Å². The van der Waals surface area contributed by atoms with Crippen molar-refractivity contribution >= 4 is 17.5 Å². The second kappa shape index (κ2) is 7.02. The molecule has 1 aromatic rings. The number of nitrogens with two attached hydrogens (primary N) is 1. The lowest BCUT2D eigenvalue weighted by atomic mass is 10.0. The molecule has 0 saturated heterocycles. The number of hydrogen-bond acceptors (Lipinski definition) is 2. The molecule has 0 aliphatic carbocycles. The number of rotatable bonds is 5. The molecule has 0 heterocycles. The fourth-order valence-corrected chi connectivity index (χ4v) is 1.84. The minimum Gasteiger partial charge on any atom is -0.399 e. The van der Waals surface area contributed by atoms with Gasteiger partial charge in [-0.05, 0) is 37.6 Å². The van der Waals surface area contributed by atoms with Crippen molar-refractivity contribution < 1.29 is 13.2 Å². The molecule has 0 radical (unpaired) electrons. The van der Waals surface area contributed by atoms with Crippen LogP contribution in [-0.4, -0.2) is 6.18 Å². The van der Waals surface area contributed by atoms with Gasteiger partial charge < -0.3 is 11.1 Å². The summed E-state index contributed by atoms with van der Waals surface area (Å²) in [6.45, 7) is 10.1. The Balaban J connectivity index is 3.04. The Kier molecular flexibility index (Phi) is 5.63. The van der Waals surface area contributed by atoms with E-state index in [-0.39, 0.29) is 0 Å². The number of halogens is 3. The van der Waals surface area contributed by atoms with Crippen LogP contribution in [0, 0.1) is 0 Å². The van der Waals surface area contributed by atoms with Crippen LogP contribution in [0.4, 0.5) is 18.9 Å². The van der Waals surface area contributed by atoms with Crippen LogP contribution in [0.25, 0.3) is 11.8 Å².